The van der Waals surface area contributed by atoms with E-state index in [0.29, 0.717) is 0 Å². The van der Waals surface area contributed by atoms with E-state index < -0.39 is 18.3 Å². The van der Waals surface area contributed by atoms with Gasteiger partial charge >= 0.3 is 7.12 Å². The summed E-state index contributed by atoms with van der Waals surface area (Å²) >= 11 is 0. The minimum atomic E-state index is -0.447. The summed E-state index contributed by atoms with van der Waals surface area (Å²) in [5.74, 6) is 0. The Bertz CT molecular complexity index is 2040. The molecule has 1 aliphatic heterocycles. The summed E-state index contributed by atoms with van der Waals surface area (Å²) in [5.41, 5.74) is 13.3. The molecule has 0 aromatic heterocycles. The molecule has 0 saturated carbocycles. The minimum absolute atomic E-state index is 0.164. The second kappa shape index (κ2) is 11.6. The quantitative estimate of drug-likeness (QED) is 0.169. The molecule has 1 saturated heterocycles. The van der Waals surface area contributed by atoms with Crippen LogP contribution in [0.15, 0.2) is 146 Å². The van der Waals surface area contributed by atoms with Gasteiger partial charge in [-0.25, -0.2) is 0 Å². The molecule has 8 rings (SSSR count). The van der Waals surface area contributed by atoms with Gasteiger partial charge in [0.05, 0.1) is 11.2 Å². The molecule has 1 aliphatic carbocycles. The van der Waals surface area contributed by atoms with Gasteiger partial charge in [0, 0.05) is 22.5 Å². The molecule has 0 bridgehead atoms. The molecule has 0 atom stereocenters. The van der Waals surface area contributed by atoms with Gasteiger partial charge in [0.1, 0.15) is 0 Å². The molecule has 0 unspecified atom stereocenters. The summed E-state index contributed by atoms with van der Waals surface area (Å²) < 4.78 is 13.3. The zero-order valence-corrected chi connectivity index (χ0v) is 29.2. The Labute approximate surface area is 291 Å². The number of fused-ring (bicyclic) bond motifs is 3. The summed E-state index contributed by atoms with van der Waals surface area (Å²) in [6, 6.07) is 52.5. The molecule has 1 heterocycles. The van der Waals surface area contributed by atoms with Crippen LogP contribution in [0, 0.1) is 0 Å². The second-order valence-electron chi connectivity index (χ2n) is 14.9. The third-order valence-electron chi connectivity index (χ3n) is 10.9. The van der Waals surface area contributed by atoms with Crippen LogP contribution in [-0.4, -0.2) is 18.3 Å². The molecule has 1 fully saturated rings. The fourth-order valence-corrected chi connectivity index (χ4v) is 7.44. The predicted octanol–water partition coefficient (Wildman–Crippen LogP) is 11.1. The Morgan fingerprint density at radius 2 is 0.918 bits per heavy atom. The van der Waals surface area contributed by atoms with Gasteiger partial charge in [0.15, 0.2) is 0 Å². The van der Waals surface area contributed by atoms with E-state index in [9.17, 15) is 0 Å². The lowest BCUT2D eigenvalue weighted by Crippen LogP contribution is -2.41. The van der Waals surface area contributed by atoms with Crippen LogP contribution in [0.5, 0.6) is 0 Å². The van der Waals surface area contributed by atoms with Crippen LogP contribution >= 0.6 is 0 Å². The van der Waals surface area contributed by atoms with E-state index in [4.69, 9.17) is 9.31 Å². The van der Waals surface area contributed by atoms with Crippen LogP contribution in [0.1, 0.15) is 52.7 Å². The fraction of sp³-hybridized carbons (Fsp3) is 0.200. The second-order valence-corrected chi connectivity index (χ2v) is 14.9. The molecule has 3 nitrogen and oxygen atoms in total. The highest BCUT2D eigenvalue weighted by molar-refractivity contribution is 6.64. The molecule has 0 radical (unpaired) electrons. The first kappa shape index (κ1) is 31.4. The lowest BCUT2D eigenvalue weighted by molar-refractivity contribution is 0.00578. The molecule has 6 aromatic rings. The van der Waals surface area contributed by atoms with Gasteiger partial charge in [-0.3, -0.25) is 0 Å². The third kappa shape index (κ3) is 5.31. The number of hydrogen-bond acceptors (Lipinski definition) is 3. The zero-order chi connectivity index (χ0) is 34.0. The van der Waals surface area contributed by atoms with Crippen molar-refractivity contribution in [3.05, 3.63) is 157 Å². The van der Waals surface area contributed by atoms with Gasteiger partial charge in [-0.2, -0.15) is 0 Å². The lowest BCUT2D eigenvalue weighted by atomic mass is 9.73. The number of hydrogen-bond donors (Lipinski definition) is 0. The number of rotatable bonds is 6. The number of benzene rings is 6. The van der Waals surface area contributed by atoms with Gasteiger partial charge in [-0.05, 0) is 114 Å². The summed E-state index contributed by atoms with van der Waals surface area (Å²) in [6.45, 7) is 13.1. The van der Waals surface area contributed by atoms with E-state index in [1.165, 1.54) is 44.5 Å². The Balaban J connectivity index is 1.26. The van der Waals surface area contributed by atoms with Gasteiger partial charge in [0.2, 0.25) is 0 Å². The summed E-state index contributed by atoms with van der Waals surface area (Å²) in [6.07, 6.45) is 0. The zero-order valence-electron chi connectivity index (χ0n) is 29.2. The Hall–Kier alpha value is -4.90. The van der Waals surface area contributed by atoms with Crippen molar-refractivity contribution in [1.82, 2.24) is 0 Å². The SMILES string of the molecule is CC1(C)c2ccc(N(c3ccc(-c4ccccc4)cc3)c3ccc(-c4ccccc4)cc3)cc2-c2c(B3OC(C)(C)C(C)(C)O3)cccc21. The van der Waals surface area contributed by atoms with E-state index in [1.807, 2.05) is 0 Å². The lowest BCUT2D eigenvalue weighted by Gasteiger charge is -2.32. The van der Waals surface area contributed by atoms with E-state index >= 15 is 0 Å². The Kier molecular flexibility index (Phi) is 7.44. The summed E-state index contributed by atoms with van der Waals surface area (Å²) in [4.78, 5) is 2.37. The van der Waals surface area contributed by atoms with Gasteiger partial charge < -0.3 is 14.2 Å². The van der Waals surface area contributed by atoms with Crippen molar-refractivity contribution in [1.29, 1.82) is 0 Å². The van der Waals surface area contributed by atoms with Crippen molar-refractivity contribution >= 4 is 29.6 Å². The molecule has 4 heteroatoms. The van der Waals surface area contributed by atoms with Crippen LogP contribution in [-0.2, 0) is 14.7 Å². The largest absolute Gasteiger partial charge is 0.495 e. The maximum atomic E-state index is 6.64. The third-order valence-corrected chi connectivity index (χ3v) is 10.9. The van der Waals surface area contributed by atoms with Crippen molar-refractivity contribution < 1.29 is 9.31 Å². The topological polar surface area (TPSA) is 21.7 Å². The van der Waals surface area contributed by atoms with Gasteiger partial charge in [-0.1, -0.05) is 123 Å². The van der Waals surface area contributed by atoms with E-state index in [1.54, 1.807) is 0 Å². The summed E-state index contributed by atoms with van der Waals surface area (Å²) in [5, 5.41) is 0. The minimum Gasteiger partial charge on any atom is -0.399 e. The first-order valence-electron chi connectivity index (χ1n) is 17.3. The number of nitrogens with zero attached hydrogens (tertiary/aromatic N) is 1. The highest BCUT2D eigenvalue weighted by Crippen LogP contribution is 2.51. The Morgan fingerprint density at radius 1 is 0.449 bits per heavy atom. The van der Waals surface area contributed by atoms with Crippen LogP contribution in [0.4, 0.5) is 17.1 Å². The van der Waals surface area contributed by atoms with Crippen LogP contribution < -0.4 is 10.4 Å². The molecule has 49 heavy (non-hydrogen) atoms. The van der Waals surface area contributed by atoms with E-state index in [-0.39, 0.29) is 5.41 Å². The molecule has 6 aromatic carbocycles. The van der Waals surface area contributed by atoms with E-state index in [0.717, 1.165) is 22.5 Å². The molecule has 242 valence electrons. The monoisotopic (exact) mass is 639 g/mol. The van der Waals surface area contributed by atoms with Gasteiger partial charge in [0.25, 0.3) is 0 Å². The molecular weight excluding hydrogens is 597 g/mol. The molecule has 0 spiro atoms. The van der Waals surface area contributed by atoms with Gasteiger partial charge in [-0.15, -0.1) is 0 Å². The average Bonchev–Trinajstić information content (AvgIpc) is 3.49. The highest BCUT2D eigenvalue weighted by atomic mass is 16.7. The van der Waals surface area contributed by atoms with Crippen LogP contribution in [0.2, 0.25) is 0 Å². The molecule has 0 amide bonds. The first-order chi connectivity index (χ1) is 23.5. The van der Waals surface area contributed by atoms with Crippen LogP contribution in [0.3, 0.4) is 0 Å². The van der Waals surface area contributed by atoms with Crippen molar-refractivity contribution in [2.24, 2.45) is 0 Å². The van der Waals surface area contributed by atoms with Crippen molar-refractivity contribution in [2.45, 2.75) is 58.2 Å². The average molecular weight is 640 g/mol. The Morgan fingerprint density at radius 3 is 1.43 bits per heavy atom. The first-order valence-corrected chi connectivity index (χ1v) is 17.3. The molecular formula is C45H42BNO2. The maximum absolute atomic E-state index is 6.64. The van der Waals surface area contributed by atoms with Crippen molar-refractivity contribution in [3.63, 3.8) is 0 Å². The van der Waals surface area contributed by atoms with E-state index in [2.05, 4.69) is 192 Å². The highest BCUT2D eigenvalue weighted by Gasteiger charge is 2.53. The normalized spacial score (nSPS) is 16.7. The smallest absolute Gasteiger partial charge is 0.399 e. The summed E-state index contributed by atoms with van der Waals surface area (Å²) in [7, 11) is -0.447. The molecule has 2 aliphatic rings. The van der Waals surface area contributed by atoms with Crippen molar-refractivity contribution in [3.8, 4) is 33.4 Å². The van der Waals surface area contributed by atoms with Crippen LogP contribution in [0.25, 0.3) is 33.4 Å². The fourth-order valence-electron chi connectivity index (χ4n) is 7.44. The standard InChI is InChI=1S/C45H42BNO2/c1-43(2)39-29-28-37(30-38(39)42-40(43)18-13-19-41(42)46-48-44(3,4)45(5,6)49-46)47(35-24-20-33(21-25-35)31-14-9-7-10-15-31)36-26-22-34(23-27-36)32-16-11-8-12-17-32/h7-30H,1-6H3. The maximum Gasteiger partial charge on any atom is 0.495 e. The predicted molar refractivity (Wildman–Crippen MR) is 205 cm³/mol. The molecule has 0 N–H and O–H groups in total. The number of anilines is 3. The van der Waals surface area contributed by atoms with Crippen molar-refractivity contribution in [2.75, 3.05) is 4.90 Å².